The molecule has 3 rings (SSSR count). The third-order valence-electron chi connectivity index (χ3n) is 3.52. The van der Waals surface area contributed by atoms with Gasteiger partial charge in [-0.25, -0.2) is 8.78 Å². The summed E-state index contributed by atoms with van der Waals surface area (Å²) >= 11 is 0. The molecule has 1 saturated carbocycles. The van der Waals surface area contributed by atoms with Crippen molar-refractivity contribution in [3.8, 4) is 0 Å². The van der Waals surface area contributed by atoms with Crippen LogP contribution < -0.4 is 0 Å². The van der Waals surface area contributed by atoms with Gasteiger partial charge in [0, 0.05) is 6.42 Å². The predicted octanol–water partition coefficient (Wildman–Crippen LogP) is 4.01. The van der Waals surface area contributed by atoms with Gasteiger partial charge in [-0.3, -0.25) is 0 Å². The molecule has 1 atom stereocenters. The summed E-state index contributed by atoms with van der Waals surface area (Å²) in [4.78, 5) is 0. The fourth-order valence-electron chi connectivity index (χ4n) is 2.53. The number of hydrogen-bond donors (Lipinski definition) is 0. The topological polar surface area (TPSA) is 0 Å². The molecule has 17 heavy (non-hydrogen) atoms. The van der Waals surface area contributed by atoms with E-state index in [1.807, 2.05) is 36.4 Å². The second-order valence-corrected chi connectivity index (χ2v) is 4.52. The zero-order valence-electron chi connectivity index (χ0n) is 9.24. The molecule has 86 valence electrons. The molecule has 0 aromatic heterocycles. The van der Waals surface area contributed by atoms with Gasteiger partial charge in [-0.15, -0.1) is 0 Å². The van der Waals surface area contributed by atoms with E-state index in [1.54, 1.807) is 24.3 Å². The smallest absolute Gasteiger partial charge is 0.205 e. The maximum absolute atomic E-state index is 13.8. The summed E-state index contributed by atoms with van der Waals surface area (Å²) in [5, 5.41) is 0. The monoisotopic (exact) mass is 229 g/mol. The number of hydrogen-bond acceptors (Lipinski definition) is 0. The van der Waals surface area contributed by atoms with E-state index in [9.17, 15) is 8.78 Å². The van der Waals surface area contributed by atoms with E-state index in [0.29, 0.717) is 11.1 Å². The molecular formula is C15H12F2. The fourth-order valence-corrected chi connectivity index (χ4v) is 2.53. The van der Waals surface area contributed by atoms with Crippen LogP contribution in [0.15, 0.2) is 60.7 Å². The molecule has 0 bridgehead atoms. The summed E-state index contributed by atoms with van der Waals surface area (Å²) in [6.07, 6.45) is -0.0893. The molecule has 0 radical (unpaired) electrons. The van der Waals surface area contributed by atoms with E-state index in [4.69, 9.17) is 0 Å². The summed E-state index contributed by atoms with van der Waals surface area (Å²) < 4.78 is 27.6. The highest BCUT2D eigenvalue weighted by Gasteiger charge is 2.72. The summed E-state index contributed by atoms with van der Waals surface area (Å²) in [5.41, 5.74) is 0.308. The number of rotatable bonds is 2. The van der Waals surface area contributed by atoms with E-state index < -0.39 is 11.3 Å². The van der Waals surface area contributed by atoms with Crippen molar-refractivity contribution < 1.29 is 8.78 Å². The minimum absolute atomic E-state index is 0.0893. The van der Waals surface area contributed by atoms with Crippen molar-refractivity contribution in [1.82, 2.24) is 0 Å². The van der Waals surface area contributed by atoms with Crippen LogP contribution in [0.1, 0.15) is 17.5 Å². The second kappa shape index (κ2) is 3.39. The molecule has 1 unspecified atom stereocenters. The van der Waals surface area contributed by atoms with E-state index in [0.717, 1.165) is 0 Å². The van der Waals surface area contributed by atoms with Gasteiger partial charge in [0.15, 0.2) is 0 Å². The van der Waals surface area contributed by atoms with E-state index in [-0.39, 0.29) is 6.42 Å². The fraction of sp³-hybridized carbons (Fsp3) is 0.200. The first-order chi connectivity index (χ1) is 8.17. The molecule has 1 aliphatic rings. The van der Waals surface area contributed by atoms with Gasteiger partial charge < -0.3 is 0 Å². The molecule has 0 saturated heterocycles. The minimum Gasteiger partial charge on any atom is -0.205 e. The number of benzene rings is 2. The van der Waals surface area contributed by atoms with Gasteiger partial charge in [0.2, 0.25) is 0 Å². The van der Waals surface area contributed by atoms with E-state index in [1.165, 1.54) is 0 Å². The average molecular weight is 229 g/mol. The highest BCUT2D eigenvalue weighted by Crippen LogP contribution is 2.65. The average Bonchev–Trinajstić information content (AvgIpc) is 2.96. The Balaban J connectivity index is 2.15. The lowest BCUT2D eigenvalue weighted by Crippen LogP contribution is -2.17. The van der Waals surface area contributed by atoms with Gasteiger partial charge in [0.1, 0.15) is 0 Å². The summed E-state index contributed by atoms with van der Waals surface area (Å²) in [7, 11) is 0. The maximum atomic E-state index is 13.8. The third kappa shape index (κ3) is 1.40. The highest BCUT2D eigenvalue weighted by molar-refractivity contribution is 5.50. The number of halogens is 2. The predicted molar refractivity (Wildman–Crippen MR) is 63.2 cm³/mol. The molecule has 0 heterocycles. The first kappa shape index (κ1) is 10.5. The Bertz CT molecular complexity index is 478. The third-order valence-corrected chi connectivity index (χ3v) is 3.52. The van der Waals surface area contributed by atoms with Crippen molar-refractivity contribution in [2.75, 3.05) is 0 Å². The summed E-state index contributed by atoms with van der Waals surface area (Å²) in [5.74, 6) is -2.63. The first-order valence-corrected chi connectivity index (χ1v) is 5.66. The van der Waals surface area contributed by atoms with Gasteiger partial charge in [-0.2, -0.15) is 0 Å². The molecule has 0 nitrogen and oxygen atoms in total. The molecule has 0 spiro atoms. The second-order valence-electron chi connectivity index (χ2n) is 4.52. The lowest BCUT2D eigenvalue weighted by molar-refractivity contribution is 0.0966. The largest absolute Gasteiger partial charge is 0.263 e. The van der Waals surface area contributed by atoms with Gasteiger partial charge in [-0.1, -0.05) is 60.7 Å². The maximum Gasteiger partial charge on any atom is 0.263 e. The standard InChI is InChI=1S/C15H12F2/c16-15(17)11-14(15,12-7-3-1-4-8-12)13-9-5-2-6-10-13/h1-10H,11H2/i16-1. The van der Waals surface area contributed by atoms with Crippen LogP contribution in [0.2, 0.25) is 0 Å². The zero-order chi connectivity index (χ0) is 11.9. The summed E-state index contributed by atoms with van der Waals surface area (Å²) in [6, 6.07) is 18.1. The lowest BCUT2D eigenvalue weighted by Gasteiger charge is -2.17. The first-order valence-electron chi connectivity index (χ1n) is 5.66. The Labute approximate surface area is 98.9 Å². The van der Waals surface area contributed by atoms with Crippen molar-refractivity contribution in [3.05, 3.63) is 71.8 Å². The van der Waals surface area contributed by atoms with Crippen LogP contribution in [0.3, 0.4) is 0 Å². The van der Waals surface area contributed by atoms with Crippen LogP contribution in [-0.4, -0.2) is 5.92 Å². The zero-order valence-corrected chi connectivity index (χ0v) is 9.24. The molecule has 2 aromatic carbocycles. The Morgan fingerprint density at radius 1 is 0.706 bits per heavy atom. The molecule has 1 aliphatic carbocycles. The van der Waals surface area contributed by atoms with Crippen LogP contribution in [0.25, 0.3) is 0 Å². The molecule has 1 fully saturated rings. The van der Waals surface area contributed by atoms with Crippen molar-refractivity contribution in [1.29, 1.82) is 0 Å². The molecule has 0 aliphatic heterocycles. The van der Waals surface area contributed by atoms with E-state index in [2.05, 4.69) is 0 Å². The normalized spacial score (nSPS) is 25.5. The molecule has 0 amide bonds. The Morgan fingerprint density at radius 3 is 1.35 bits per heavy atom. The highest BCUT2D eigenvalue weighted by atomic mass is 19.2. The number of alkyl halides is 2. The molecule has 2 aromatic rings. The Hall–Kier alpha value is -1.70. The van der Waals surface area contributed by atoms with Crippen LogP contribution in [-0.2, 0) is 5.41 Å². The van der Waals surface area contributed by atoms with E-state index >= 15 is 0 Å². The Morgan fingerprint density at radius 2 is 1.06 bits per heavy atom. The van der Waals surface area contributed by atoms with Crippen LogP contribution in [0.5, 0.6) is 0 Å². The lowest BCUT2D eigenvalue weighted by atomic mass is 9.87. The van der Waals surface area contributed by atoms with Gasteiger partial charge in [0.25, 0.3) is 5.92 Å². The van der Waals surface area contributed by atoms with Crippen molar-refractivity contribution in [3.63, 3.8) is 0 Å². The SMILES string of the molecule is FC1([18F])CC1(c1ccccc1)c1ccccc1. The quantitative estimate of drug-likeness (QED) is 0.729. The molecule has 0 N–H and O–H groups in total. The van der Waals surface area contributed by atoms with Gasteiger partial charge in [-0.05, 0) is 11.1 Å². The van der Waals surface area contributed by atoms with Crippen molar-refractivity contribution >= 4 is 0 Å². The van der Waals surface area contributed by atoms with Gasteiger partial charge in [0.05, 0.1) is 5.41 Å². The van der Waals surface area contributed by atoms with Gasteiger partial charge >= 0.3 is 0 Å². The molecule has 2 heteroatoms. The minimum atomic E-state index is -2.63. The Kier molecular flexibility index (Phi) is 2.09. The van der Waals surface area contributed by atoms with Crippen LogP contribution in [0.4, 0.5) is 8.78 Å². The van der Waals surface area contributed by atoms with Crippen LogP contribution >= 0.6 is 0 Å². The van der Waals surface area contributed by atoms with Crippen molar-refractivity contribution in [2.45, 2.75) is 17.8 Å². The summed E-state index contributed by atoms with van der Waals surface area (Å²) in [6.45, 7) is 0. The van der Waals surface area contributed by atoms with Crippen molar-refractivity contribution in [2.24, 2.45) is 0 Å². The molecular weight excluding hydrogens is 217 g/mol. The van der Waals surface area contributed by atoms with Crippen LogP contribution in [0, 0.1) is 0 Å².